The molecule has 0 saturated heterocycles. The molecule has 1 atom stereocenters. The van der Waals surface area contributed by atoms with Crippen LogP contribution in [-0.2, 0) is 14.8 Å². The first kappa shape index (κ1) is 19.2. The minimum absolute atomic E-state index is 0.253. The van der Waals surface area contributed by atoms with Crippen LogP contribution < -0.4 is 9.62 Å². The number of hydrogen-bond donors (Lipinski definition) is 1. The van der Waals surface area contributed by atoms with Gasteiger partial charge in [0.2, 0.25) is 15.9 Å². The Hall–Kier alpha value is -2.12. The normalized spacial score (nSPS) is 12.5. The Morgan fingerprint density at radius 3 is 2.20 bits per heavy atom. The number of amides is 1. The van der Waals surface area contributed by atoms with Crippen molar-refractivity contribution in [3.8, 4) is 0 Å². The van der Waals surface area contributed by atoms with Gasteiger partial charge in [0.1, 0.15) is 11.9 Å². The maximum absolute atomic E-state index is 13.0. The summed E-state index contributed by atoms with van der Waals surface area (Å²) in [4.78, 5) is 12.6. The predicted molar refractivity (Wildman–Crippen MR) is 97.9 cm³/mol. The predicted octanol–water partition coefficient (Wildman–Crippen LogP) is 3.66. The van der Waals surface area contributed by atoms with Crippen molar-refractivity contribution in [2.45, 2.75) is 19.4 Å². The summed E-state index contributed by atoms with van der Waals surface area (Å²) in [6, 6.07) is 10.5. The molecule has 8 heteroatoms. The number of nitrogens with zero attached hydrogens (tertiary/aromatic N) is 1. The van der Waals surface area contributed by atoms with Crippen molar-refractivity contribution in [3.05, 3.63) is 59.4 Å². The standard InChI is InChI=1S/C17H18ClFN2O3S/c1-3-16(17(22)20-14-8-6-13(19)7-9-14)21(25(2,23)24)15-10-4-12(18)5-11-15/h4-11,16H,3H2,1-2H3,(H,20,22)/t16-/m1/s1. The fourth-order valence-corrected chi connectivity index (χ4v) is 3.74. The molecule has 0 aliphatic rings. The number of rotatable bonds is 6. The molecule has 2 aromatic rings. The highest BCUT2D eigenvalue weighted by molar-refractivity contribution is 7.92. The van der Waals surface area contributed by atoms with Crippen LogP contribution in [0, 0.1) is 5.82 Å². The molecule has 0 aliphatic carbocycles. The number of benzene rings is 2. The molecule has 25 heavy (non-hydrogen) atoms. The summed E-state index contributed by atoms with van der Waals surface area (Å²) >= 11 is 5.85. The van der Waals surface area contributed by atoms with Crippen molar-refractivity contribution in [2.75, 3.05) is 15.9 Å². The van der Waals surface area contributed by atoms with E-state index in [1.807, 2.05) is 0 Å². The van der Waals surface area contributed by atoms with Crippen LogP contribution in [0.2, 0.25) is 5.02 Å². The first-order valence-corrected chi connectivity index (χ1v) is 9.76. The summed E-state index contributed by atoms with van der Waals surface area (Å²) in [6.07, 6.45) is 1.29. The highest BCUT2D eigenvalue weighted by Gasteiger charge is 2.31. The fourth-order valence-electron chi connectivity index (χ4n) is 2.41. The average Bonchev–Trinajstić information content (AvgIpc) is 2.54. The van der Waals surface area contributed by atoms with Gasteiger partial charge in [-0.05, 0) is 55.0 Å². The van der Waals surface area contributed by atoms with E-state index in [0.717, 1.165) is 10.6 Å². The van der Waals surface area contributed by atoms with Crippen LogP contribution in [0.25, 0.3) is 0 Å². The molecular weight excluding hydrogens is 367 g/mol. The molecule has 2 rings (SSSR count). The summed E-state index contributed by atoms with van der Waals surface area (Å²) < 4.78 is 38.6. The summed E-state index contributed by atoms with van der Waals surface area (Å²) in [5.74, 6) is -0.932. The van der Waals surface area contributed by atoms with Crippen LogP contribution in [-0.4, -0.2) is 26.6 Å². The van der Waals surface area contributed by atoms with Crippen LogP contribution >= 0.6 is 11.6 Å². The van der Waals surface area contributed by atoms with Crippen molar-refractivity contribution in [3.63, 3.8) is 0 Å². The number of carbonyl (C=O) groups excluding carboxylic acids is 1. The zero-order valence-corrected chi connectivity index (χ0v) is 15.3. The van der Waals surface area contributed by atoms with Gasteiger partial charge in [-0.3, -0.25) is 9.10 Å². The number of nitrogens with one attached hydrogen (secondary N) is 1. The Bertz CT molecular complexity index is 839. The van der Waals surface area contributed by atoms with Crippen LogP contribution in [0.3, 0.4) is 0 Å². The molecule has 0 radical (unpaired) electrons. The average molecular weight is 385 g/mol. The van der Waals surface area contributed by atoms with Gasteiger partial charge in [0.15, 0.2) is 0 Å². The largest absolute Gasteiger partial charge is 0.324 e. The van der Waals surface area contributed by atoms with E-state index < -0.39 is 27.8 Å². The maximum Gasteiger partial charge on any atom is 0.248 e. The van der Waals surface area contributed by atoms with Gasteiger partial charge in [0, 0.05) is 10.7 Å². The second-order valence-corrected chi connectivity index (χ2v) is 7.75. The SMILES string of the molecule is CC[C@H](C(=O)Nc1ccc(F)cc1)N(c1ccc(Cl)cc1)S(C)(=O)=O. The monoisotopic (exact) mass is 384 g/mol. The summed E-state index contributed by atoms with van der Waals surface area (Å²) in [6.45, 7) is 1.71. The van der Waals surface area contributed by atoms with Gasteiger partial charge in [-0.2, -0.15) is 0 Å². The molecule has 2 aromatic carbocycles. The third kappa shape index (κ3) is 4.93. The van der Waals surface area contributed by atoms with Gasteiger partial charge < -0.3 is 5.32 Å². The minimum atomic E-state index is -3.72. The number of sulfonamides is 1. The fraction of sp³-hybridized carbons (Fsp3) is 0.235. The molecule has 0 fully saturated rings. The quantitative estimate of drug-likeness (QED) is 0.826. The first-order chi connectivity index (χ1) is 11.7. The lowest BCUT2D eigenvalue weighted by Gasteiger charge is -2.30. The number of anilines is 2. The molecule has 0 spiro atoms. The molecule has 0 aromatic heterocycles. The van der Waals surface area contributed by atoms with E-state index in [0.29, 0.717) is 16.4 Å². The lowest BCUT2D eigenvalue weighted by atomic mass is 10.2. The van der Waals surface area contributed by atoms with Gasteiger partial charge in [0.05, 0.1) is 11.9 Å². The van der Waals surface area contributed by atoms with E-state index in [2.05, 4.69) is 5.32 Å². The van der Waals surface area contributed by atoms with Crippen LogP contribution in [0.4, 0.5) is 15.8 Å². The minimum Gasteiger partial charge on any atom is -0.324 e. The zero-order valence-electron chi connectivity index (χ0n) is 13.7. The van der Waals surface area contributed by atoms with Gasteiger partial charge in [-0.1, -0.05) is 18.5 Å². The van der Waals surface area contributed by atoms with E-state index in [9.17, 15) is 17.6 Å². The molecular formula is C17H18ClFN2O3S. The molecule has 134 valence electrons. The maximum atomic E-state index is 13.0. The Kier molecular flexibility index (Phi) is 6.02. The van der Waals surface area contributed by atoms with E-state index in [1.165, 1.54) is 36.4 Å². The van der Waals surface area contributed by atoms with E-state index in [4.69, 9.17) is 11.6 Å². The number of hydrogen-bond acceptors (Lipinski definition) is 3. The van der Waals surface area contributed by atoms with E-state index >= 15 is 0 Å². The Morgan fingerprint density at radius 2 is 1.72 bits per heavy atom. The van der Waals surface area contributed by atoms with Crippen molar-refractivity contribution in [2.24, 2.45) is 0 Å². The molecule has 0 heterocycles. The van der Waals surface area contributed by atoms with Gasteiger partial charge >= 0.3 is 0 Å². The zero-order chi connectivity index (χ0) is 18.6. The van der Waals surface area contributed by atoms with Gasteiger partial charge in [-0.25, -0.2) is 12.8 Å². The van der Waals surface area contributed by atoms with Crippen LogP contribution in [0.1, 0.15) is 13.3 Å². The second-order valence-electron chi connectivity index (χ2n) is 5.46. The van der Waals surface area contributed by atoms with E-state index in [-0.39, 0.29) is 6.42 Å². The smallest absolute Gasteiger partial charge is 0.248 e. The molecule has 0 unspecified atom stereocenters. The number of halogens is 2. The molecule has 0 aliphatic heterocycles. The highest BCUT2D eigenvalue weighted by Crippen LogP contribution is 2.25. The number of carbonyl (C=O) groups is 1. The molecule has 0 bridgehead atoms. The van der Waals surface area contributed by atoms with E-state index in [1.54, 1.807) is 19.1 Å². The summed E-state index contributed by atoms with van der Waals surface area (Å²) in [7, 11) is -3.72. The van der Waals surface area contributed by atoms with Crippen molar-refractivity contribution < 1.29 is 17.6 Å². The Labute approximate surface area is 151 Å². The van der Waals surface area contributed by atoms with Gasteiger partial charge in [0.25, 0.3) is 0 Å². The highest BCUT2D eigenvalue weighted by atomic mass is 35.5. The third-order valence-corrected chi connectivity index (χ3v) is 4.95. The van der Waals surface area contributed by atoms with Crippen molar-refractivity contribution >= 4 is 38.9 Å². The molecule has 5 nitrogen and oxygen atoms in total. The third-order valence-electron chi connectivity index (χ3n) is 3.52. The van der Waals surface area contributed by atoms with Gasteiger partial charge in [-0.15, -0.1) is 0 Å². The summed E-state index contributed by atoms with van der Waals surface area (Å²) in [5.41, 5.74) is 0.724. The second kappa shape index (κ2) is 7.84. The topological polar surface area (TPSA) is 66.5 Å². The molecule has 0 saturated carbocycles. The lowest BCUT2D eigenvalue weighted by Crippen LogP contribution is -2.46. The lowest BCUT2D eigenvalue weighted by molar-refractivity contribution is -0.117. The first-order valence-electron chi connectivity index (χ1n) is 7.53. The van der Waals surface area contributed by atoms with Crippen LogP contribution in [0.15, 0.2) is 48.5 Å². The van der Waals surface area contributed by atoms with Crippen LogP contribution in [0.5, 0.6) is 0 Å². The Balaban J connectivity index is 2.34. The molecule has 1 amide bonds. The molecule has 1 N–H and O–H groups in total. The Morgan fingerprint density at radius 1 is 1.16 bits per heavy atom. The summed E-state index contributed by atoms with van der Waals surface area (Å²) in [5, 5.41) is 3.08. The van der Waals surface area contributed by atoms with Crippen molar-refractivity contribution in [1.82, 2.24) is 0 Å². The van der Waals surface area contributed by atoms with Crippen molar-refractivity contribution in [1.29, 1.82) is 0 Å².